The molecule has 1 unspecified atom stereocenters. The van der Waals surface area contributed by atoms with E-state index in [1.807, 2.05) is 67.6 Å². The van der Waals surface area contributed by atoms with Crippen LogP contribution in [-0.2, 0) is 11.3 Å². The molecule has 1 aliphatic rings. The summed E-state index contributed by atoms with van der Waals surface area (Å²) < 4.78 is 5.51. The summed E-state index contributed by atoms with van der Waals surface area (Å²) in [4.78, 5) is 14.7. The lowest BCUT2D eigenvalue weighted by molar-refractivity contribution is -0.129. The number of carbonyl (C=O) groups excluding carboxylic acids is 1. The van der Waals surface area contributed by atoms with Crippen LogP contribution in [0.3, 0.4) is 0 Å². The number of amides is 1. The predicted octanol–water partition coefficient (Wildman–Crippen LogP) is 3.32. The van der Waals surface area contributed by atoms with E-state index >= 15 is 0 Å². The summed E-state index contributed by atoms with van der Waals surface area (Å²) in [6.45, 7) is 4.03. The molecule has 1 amide bonds. The number of nitrogens with one attached hydrogen (secondary N) is 1. The van der Waals surface area contributed by atoms with Gasteiger partial charge in [0.1, 0.15) is 6.04 Å². The van der Waals surface area contributed by atoms with Gasteiger partial charge in [0.15, 0.2) is 5.76 Å². The normalized spacial score (nSPS) is 17.9. The van der Waals surface area contributed by atoms with E-state index in [2.05, 4.69) is 15.4 Å². The van der Waals surface area contributed by atoms with Crippen LogP contribution in [0.4, 0.5) is 0 Å². The topological polar surface area (TPSA) is 58.4 Å². The first-order valence-electron chi connectivity index (χ1n) is 8.80. The molecular formula is C21H21N3O2. The Morgan fingerprint density at radius 3 is 2.73 bits per heavy atom. The van der Waals surface area contributed by atoms with E-state index in [0.29, 0.717) is 13.1 Å². The Kier molecular flexibility index (Phi) is 4.54. The molecule has 4 rings (SSSR count). The van der Waals surface area contributed by atoms with E-state index in [1.54, 1.807) is 0 Å². The lowest BCUT2D eigenvalue weighted by Crippen LogP contribution is -2.49. The van der Waals surface area contributed by atoms with Crippen LogP contribution in [0.2, 0.25) is 0 Å². The van der Waals surface area contributed by atoms with Gasteiger partial charge in [0, 0.05) is 31.3 Å². The summed E-state index contributed by atoms with van der Waals surface area (Å²) in [5.41, 5.74) is 3.98. The number of nitrogens with zero attached hydrogens (tertiary/aromatic N) is 2. The molecule has 0 spiro atoms. The monoisotopic (exact) mass is 347 g/mol. The van der Waals surface area contributed by atoms with Crippen LogP contribution < -0.4 is 5.32 Å². The van der Waals surface area contributed by atoms with Crippen LogP contribution in [0, 0.1) is 6.92 Å². The first kappa shape index (κ1) is 16.5. The van der Waals surface area contributed by atoms with Gasteiger partial charge in [0.25, 0.3) is 0 Å². The summed E-state index contributed by atoms with van der Waals surface area (Å²) in [6, 6.07) is 19.6. The number of hydrogen-bond acceptors (Lipinski definition) is 4. The fourth-order valence-electron chi connectivity index (χ4n) is 3.45. The molecule has 1 aromatic heterocycles. The smallest absolute Gasteiger partial charge is 0.242 e. The summed E-state index contributed by atoms with van der Waals surface area (Å²) >= 11 is 0. The molecule has 5 heteroatoms. The van der Waals surface area contributed by atoms with Gasteiger partial charge in [-0.05, 0) is 18.1 Å². The van der Waals surface area contributed by atoms with Gasteiger partial charge in [0.2, 0.25) is 5.91 Å². The summed E-state index contributed by atoms with van der Waals surface area (Å²) in [6.07, 6.45) is 0. The van der Waals surface area contributed by atoms with Gasteiger partial charge in [-0.2, -0.15) is 0 Å². The van der Waals surface area contributed by atoms with Crippen molar-refractivity contribution in [2.75, 3.05) is 13.1 Å². The maximum Gasteiger partial charge on any atom is 0.242 e. The van der Waals surface area contributed by atoms with E-state index in [1.165, 1.54) is 0 Å². The Labute approximate surface area is 152 Å². The van der Waals surface area contributed by atoms with Gasteiger partial charge in [0.05, 0.1) is 5.69 Å². The average molecular weight is 347 g/mol. The zero-order valence-electron chi connectivity index (χ0n) is 14.7. The third-order valence-corrected chi connectivity index (χ3v) is 4.78. The van der Waals surface area contributed by atoms with Crippen molar-refractivity contribution < 1.29 is 9.32 Å². The minimum absolute atomic E-state index is 0.0392. The highest BCUT2D eigenvalue weighted by molar-refractivity contribution is 5.84. The number of aryl methyl sites for hydroxylation is 1. The molecule has 1 aliphatic heterocycles. The molecule has 1 saturated heterocycles. The standard InChI is InChI=1S/C21H21N3O2/c1-15-7-5-6-10-18(15)20-21(25)22-11-12-24(20)14-17-13-19(26-23-17)16-8-3-2-4-9-16/h2-10,13,20H,11-12,14H2,1H3,(H,22,25). The zero-order chi connectivity index (χ0) is 17.9. The number of rotatable bonds is 4. The number of aromatic nitrogens is 1. The van der Waals surface area contributed by atoms with E-state index in [4.69, 9.17) is 4.52 Å². The average Bonchev–Trinajstić information content (AvgIpc) is 3.12. The maximum absolute atomic E-state index is 12.6. The van der Waals surface area contributed by atoms with Crippen molar-refractivity contribution in [1.82, 2.24) is 15.4 Å². The molecule has 0 radical (unpaired) electrons. The van der Waals surface area contributed by atoms with Crippen LogP contribution in [0.1, 0.15) is 22.9 Å². The van der Waals surface area contributed by atoms with Crippen molar-refractivity contribution in [2.45, 2.75) is 19.5 Å². The Balaban J connectivity index is 1.59. The summed E-state index contributed by atoms with van der Waals surface area (Å²) in [7, 11) is 0. The minimum Gasteiger partial charge on any atom is -0.356 e. The van der Waals surface area contributed by atoms with Crippen molar-refractivity contribution in [1.29, 1.82) is 0 Å². The Morgan fingerprint density at radius 1 is 1.15 bits per heavy atom. The molecule has 1 atom stereocenters. The number of piperazine rings is 1. The Morgan fingerprint density at radius 2 is 1.92 bits per heavy atom. The highest BCUT2D eigenvalue weighted by Gasteiger charge is 2.32. The summed E-state index contributed by atoms with van der Waals surface area (Å²) in [5.74, 6) is 0.784. The number of hydrogen-bond donors (Lipinski definition) is 1. The van der Waals surface area contributed by atoms with E-state index in [9.17, 15) is 4.79 Å². The van der Waals surface area contributed by atoms with Gasteiger partial charge in [-0.15, -0.1) is 0 Å². The first-order valence-corrected chi connectivity index (χ1v) is 8.80. The van der Waals surface area contributed by atoms with Crippen LogP contribution >= 0.6 is 0 Å². The van der Waals surface area contributed by atoms with Crippen molar-refractivity contribution in [2.24, 2.45) is 0 Å². The highest BCUT2D eigenvalue weighted by atomic mass is 16.5. The van der Waals surface area contributed by atoms with Crippen LogP contribution in [0.15, 0.2) is 65.2 Å². The predicted molar refractivity (Wildman–Crippen MR) is 99.3 cm³/mol. The van der Waals surface area contributed by atoms with Gasteiger partial charge < -0.3 is 9.84 Å². The van der Waals surface area contributed by atoms with Crippen molar-refractivity contribution in [3.63, 3.8) is 0 Å². The van der Waals surface area contributed by atoms with Crippen molar-refractivity contribution in [3.8, 4) is 11.3 Å². The molecule has 1 fully saturated rings. The fraction of sp³-hybridized carbons (Fsp3) is 0.238. The lowest BCUT2D eigenvalue weighted by Gasteiger charge is -2.35. The molecule has 0 saturated carbocycles. The highest BCUT2D eigenvalue weighted by Crippen LogP contribution is 2.28. The molecule has 26 heavy (non-hydrogen) atoms. The van der Waals surface area contributed by atoms with Gasteiger partial charge in [-0.1, -0.05) is 59.8 Å². The first-order chi connectivity index (χ1) is 12.7. The number of benzene rings is 2. The Hall–Kier alpha value is -2.92. The zero-order valence-corrected chi connectivity index (χ0v) is 14.7. The lowest BCUT2D eigenvalue weighted by atomic mass is 9.97. The molecule has 3 aromatic rings. The molecule has 2 heterocycles. The maximum atomic E-state index is 12.6. The molecule has 2 aromatic carbocycles. The third kappa shape index (κ3) is 3.26. The second-order valence-corrected chi connectivity index (χ2v) is 6.57. The fourth-order valence-corrected chi connectivity index (χ4v) is 3.45. The largest absolute Gasteiger partial charge is 0.356 e. The van der Waals surface area contributed by atoms with Crippen molar-refractivity contribution >= 4 is 5.91 Å². The van der Waals surface area contributed by atoms with E-state index in [-0.39, 0.29) is 11.9 Å². The second kappa shape index (κ2) is 7.14. The van der Waals surface area contributed by atoms with Gasteiger partial charge in [-0.25, -0.2) is 0 Å². The minimum atomic E-state index is -0.304. The SMILES string of the molecule is Cc1ccccc1C1C(=O)NCCN1Cc1cc(-c2ccccc2)on1. The molecule has 0 bridgehead atoms. The van der Waals surface area contributed by atoms with Crippen molar-refractivity contribution in [3.05, 3.63) is 77.5 Å². The molecule has 132 valence electrons. The van der Waals surface area contributed by atoms with Gasteiger partial charge >= 0.3 is 0 Å². The van der Waals surface area contributed by atoms with Gasteiger partial charge in [-0.3, -0.25) is 9.69 Å². The van der Waals surface area contributed by atoms with E-state index < -0.39 is 0 Å². The molecular weight excluding hydrogens is 326 g/mol. The molecule has 0 aliphatic carbocycles. The second-order valence-electron chi connectivity index (χ2n) is 6.57. The Bertz CT molecular complexity index is 904. The molecule has 5 nitrogen and oxygen atoms in total. The van der Waals surface area contributed by atoms with Crippen LogP contribution in [0.5, 0.6) is 0 Å². The van der Waals surface area contributed by atoms with E-state index in [0.717, 1.165) is 34.7 Å². The quantitative estimate of drug-likeness (QED) is 0.786. The van der Waals surface area contributed by atoms with Crippen LogP contribution in [-0.4, -0.2) is 29.1 Å². The number of carbonyl (C=O) groups is 1. The molecule has 1 N–H and O–H groups in total. The summed E-state index contributed by atoms with van der Waals surface area (Å²) in [5, 5.41) is 7.19. The third-order valence-electron chi connectivity index (χ3n) is 4.78. The van der Waals surface area contributed by atoms with Crippen LogP contribution in [0.25, 0.3) is 11.3 Å².